The van der Waals surface area contributed by atoms with E-state index in [1.165, 1.54) is 73.5 Å². The molecular weight excluding hydrogens is 426 g/mol. The highest BCUT2D eigenvalue weighted by atomic mass is 16.3. The van der Waals surface area contributed by atoms with E-state index < -0.39 is 0 Å². The van der Waals surface area contributed by atoms with Gasteiger partial charge in [0, 0.05) is 27.3 Å². The van der Waals surface area contributed by atoms with Crippen LogP contribution >= 0.6 is 0 Å². The summed E-state index contributed by atoms with van der Waals surface area (Å²) in [4.78, 5) is 0. The summed E-state index contributed by atoms with van der Waals surface area (Å²) in [6, 6.07) is 15.4. The van der Waals surface area contributed by atoms with Crippen molar-refractivity contribution in [3.8, 4) is 11.3 Å². The van der Waals surface area contributed by atoms with Gasteiger partial charge in [-0.05, 0) is 72.6 Å². The highest BCUT2D eigenvalue weighted by Crippen LogP contribution is 2.51. The molecule has 0 radical (unpaired) electrons. The third-order valence-electron chi connectivity index (χ3n) is 8.62. The minimum atomic E-state index is 0.0896. The van der Waals surface area contributed by atoms with Gasteiger partial charge in [0.15, 0.2) is 6.20 Å². The van der Waals surface area contributed by atoms with Crippen LogP contribution in [0.1, 0.15) is 68.4 Å². The first-order valence-corrected chi connectivity index (χ1v) is 12.9. The van der Waals surface area contributed by atoms with E-state index in [1.807, 2.05) is 0 Å². The molecule has 2 heteroatoms. The summed E-state index contributed by atoms with van der Waals surface area (Å²) in [5.74, 6) is 0. The van der Waals surface area contributed by atoms with Gasteiger partial charge in [-0.1, -0.05) is 64.1 Å². The predicted molar refractivity (Wildman–Crippen MR) is 147 cm³/mol. The average molecular weight is 463 g/mol. The van der Waals surface area contributed by atoms with Gasteiger partial charge in [-0.2, -0.15) is 0 Å². The number of fused-ring (bicyclic) bond motifs is 6. The van der Waals surface area contributed by atoms with Gasteiger partial charge < -0.3 is 4.42 Å². The topological polar surface area (TPSA) is 17.0 Å². The SMILES string of the molecule is Cc1c[n+](C)c(-c2c(C)cc(C)c3c2oc2c4ccccc4ccc23)c2c1C(C)(C)CCC2(C)C. The summed E-state index contributed by atoms with van der Waals surface area (Å²) in [6.45, 7) is 16.5. The fourth-order valence-electron chi connectivity index (χ4n) is 6.95. The molecule has 3 aromatic carbocycles. The Hall–Kier alpha value is -3.13. The molecular formula is C33H36NO+. The zero-order chi connectivity index (χ0) is 24.9. The molecule has 2 nitrogen and oxygen atoms in total. The first-order valence-electron chi connectivity index (χ1n) is 12.9. The van der Waals surface area contributed by atoms with E-state index in [1.54, 1.807) is 0 Å². The molecule has 0 N–H and O–H groups in total. The summed E-state index contributed by atoms with van der Waals surface area (Å²) in [5, 5.41) is 4.85. The van der Waals surface area contributed by atoms with Gasteiger partial charge >= 0.3 is 0 Å². The molecule has 0 aliphatic heterocycles. The van der Waals surface area contributed by atoms with E-state index in [4.69, 9.17) is 4.42 Å². The predicted octanol–water partition coefficient (Wildman–Crippen LogP) is 8.50. The van der Waals surface area contributed by atoms with Crippen LogP contribution in [0.4, 0.5) is 0 Å². The van der Waals surface area contributed by atoms with Gasteiger partial charge in [0.2, 0.25) is 5.69 Å². The Balaban J connectivity index is 1.83. The van der Waals surface area contributed by atoms with E-state index in [-0.39, 0.29) is 10.8 Å². The molecule has 0 atom stereocenters. The molecule has 2 heterocycles. The van der Waals surface area contributed by atoms with Crippen molar-refractivity contribution < 1.29 is 8.98 Å². The molecule has 5 aromatic rings. The zero-order valence-electron chi connectivity index (χ0n) is 22.4. The number of aromatic nitrogens is 1. The van der Waals surface area contributed by atoms with E-state index in [9.17, 15) is 0 Å². The highest BCUT2D eigenvalue weighted by molar-refractivity contribution is 6.18. The third-order valence-corrected chi connectivity index (χ3v) is 8.62. The van der Waals surface area contributed by atoms with Gasteiger partial charge in [0.25, 0.3) is 0 Å². The Morgan fingerprint density at radius 3 is 2.17 bits per heavy atom. The summed E-state index contributed by atoms with van der Waals surface area (Å²) in [6.07, 6.45) is 4.72. The molecule has 0 fully saturated rings. The molecule has 0 saturated heterocycles. The first-order chi connectivity index (χ1) is 16.5. The van der Waals surface area contributed by atoms with Crippen LogP contribution in [0.2, 0.25) is 0 Å². The van der Waals surface area contributed by atoms with Crippen LogP contribution in [0, 0.1) is 20.8 Å². The van der Waals surface area contributed by atoms with Crippen LogP contribution in [0.3, 0.4) is 0 Å². The molecule has 6 rings (SSSR count). The fraction of sp³-hybridized carbons (Fsp3) is 0.364. The van der Waals surface area contributed by atoms with E-state index in [0.717, 1.165) is 11.2 Å². The number of hydrogen-bond acceptors (Lipinski definition) is 1. The Kier molecular flexibility index (Phi) is 4.59. The van der Waals surface area contributed by atoms with Crippen LogP contribution in [0.15, 0.2) is 53.1 Å². The maximum Gasteiger partial charge on any atom is 0.220 e. The van der Waals surface area contributed by atoms with E-state index in [2.05, 4.69) is 109 Å². The van der Waals surface area contributed by atoms with Crippen molar-refractivity contribution in [1.29, 1.82) is 0 Å². The second-order valence-electron chi connectivity index (χ2n) is 12.1. The quantitative estimate of drug-likeness (QED) is 0.228. The largest absolute Gasteiger partial charge is 0.454 e. The third kappa shape index (κ3) is 3.05. The minimum absolute atomic E-state index is 0.0896. The number of hydrogen-bond donors (Lipinski definition) is 0. The summed E-state index contributed by atoms with van der Waals surface area (Å²) in [5.41, 5.74) is 11.8. The fourth-order valence-corrected chi connectivity index (χ4v) is 6.95. The van der Waals surface area contributed by atoms with Crippen LogP contribution < -0.4 is 4.57 Å². The van der Waals surface area contributed by atoms with Crippen molar-refractivity contribution in [3.05, 3.63) is 76.5 Å². The maximum atomic E-state index is 6.90. The molecule has 2 aromatic heterocycles. The summed E-state index contributed by atoms with van der Waals surface area (Å²) < 4.78 is 9.26. The van der Waals surface area contributed by atoms with Gasteiger partial charge in [-0.15, -0.1) is 0 Å². The lowest BCUT2D eigenvalue weighted by Gasteiger charge is -2.42. The van der Waals surface area contributed by atoms with Crippen molar-refractivity contribution in [3.63, 3.8) is 0 Å². The van der Waals surface area contributed by atoms with Crippen molar-refractivity contribution in [2.24, 2.45) is 7.05 Å². The highest BCUT2D eigenvalue weighted by Gasteiger charge is 2.44. The lowest BCUT2D eigenvalue weighted by Crippen LogP contribution is -2.42. The zero-order valence-corrected chi connectivity index (χ0v) is 22.4. The van der Waals surface area contributed by atoms with Gasteiger partial charge in [0.1, 0.15) is 18.2 Å². The second-order valence-corrected chi connectivity index (χ2v) is 12.1. The molecule has 0 unspecified atom stereocenters. The van der Waals surface area contributed by atoms with E-state index in [0.29, 0.717) is 0 Å². The summed E-state index contributed by atoms with van der Waals surface area (Å²) in [7, 11) is 2.21. The van der Waals surface area contributed by atoms with Crippen LogP contribution in [0.5, 0.6) is 0 Å². The Morgan fingerprint density at radius 2 is 1.43 bits per heavy atom. The van der Waals surface area contributed by atoms with Crippen LogP contribution in [0.25, 0.3) is 44.0 Å². The minimum Gasteiger partial charge on any atom is -0.454 e. The van der Waals surface area contributed by atoms with Crippen molar-refractivity contribution in [2.45, 2.75) is 72.1 Å². The number of benzene rings is 3. The normalized spacial score (nSPS) is 16.8. The molecule has 0 amide bonds. The molecule has 0 saturated carbocycles. The number of pyridine rings is 1. The van der Waals surface area contributed by atoms with Gasteiger partial charge in [-0.25, -0.2) is 4.57 Å². The van der Waals surface area contributed by atoms with Gasteiger partial charge in [0.05, 0.1) is 5.56 Å². The summed E-state index contributed by atoms with van der Waals surface area (Å²) >= 11 is 0. The molecule has 0 spiro atoms. The number of furan rings is 1. The van der Waals surface area contributed by atoms with Crippen LogP contribution in [-0.2, 0) is 17.9 Å². The van der Waals surface area contributed by atoms with Gasteiger partial charge in [-0.3, -0.25) is 0 Å². The average Bonchev–Trinajstić information content (AvgIpc) is 3.18. The monoisotopic (exact) mass is 462 g/mol. The Morgan fingerprint density at radius 1 is 0.743 bits per heavy atom. The number of rotatable bonds is 1. The Labute approximate surface area is 208 Å². The lowest BCUT2D eigenvalue weighted by molar-refractivity contribution is -0.661. The molecule has 1 aliphatic carbocycles. The second kappa shape index (κ2) is 7.20. The Bertz CT molecular complexity index is 1680. The smallest absolute Gasteiger partial charge is 0.220 e. The molecule has 0 bridgehead atoms. The number of aryl methyl sites for hydroxylation is 4. The standard InChI is InChI=1S/C33H36NO/c1-19-17-20(2)26(31-25(19)24-14-13-22-11-9-10-12-23(22)30(24)35-31)29-28-27(21(3)18-34(29)8)32(4,5)15-16-33(28,6)7/h9-14,17-18H,15-16H2,1-8H3/q+1. The van der Waals surface area contributed by atoms with E-state index >= 15 is 0 Å². The molecule has 35 heavy (non-hydrogen) atoms. The van der Waals surface area contributed by atoms with Crippen LogP contribution in [-0.4, -0.2) is 0 Å². The number of nitrogens with zero attached hydrogens (tertiary/aromatic N) is 1. The molecule has 178 valence electrons. The maximum absolute atomic E-state index is 6.90. The van der Waals surface area contributed by atoms with Crippen molar-refractivity contribution in [2.75, 3.05) is 0 Å². The lowest BCUT2D eigenvalue weighted by atomic mass is 9.61. The van der Waals surface area contributed by atoms with Crippen molar-refractivity contribution in [1.82, 2.24) is 0 Å². The van der Waals surface area contributed by atoms with Crippen molar-refractivity contribution >= 4 is 32.7 Å². The first kappa shape index (κ1) is 22.3. The molecule has 1 aliphatic rings.